The Kier molecular flexibility index (Phi) is 9.43. The van der Waals surface area contributed by atoms with Gasteiger partial charge in [-0.05, 0) is 24.1 Å². The number of carbonyl (C=O) groups excluding carboxylic acids is 2. The van der Waals surface area contributed by atoms with Gasteiger partial charge in [-0.3, -0.25) is 9.59 Å². The van der Waals surface area contributed by atoms with Crippen molar-refractivity contribution in [2.75, 3.05) is 0 Å². The van der Waals surface area contributed by atoms with Crippen LogP contribution in [0.1, 0.15) is 80.3 Å². The molecule has 2 rings (SSSR count). The molecule has 1 unspecified atom stereocenters. The molecule has 150 valence electrons. The highest BCUT2D eigenvalue weighted by Gasteiger charge is 2.23. The second-order valence-corrected chi connectivity index (χ2v) is 7.02. The van der Waals surface area contributed by atoms with E-state index >= 15 is 0 Å². The molecule has 0 heterocycles. The molecule has 0 saturated carbocycles. The van der Waals surface area contributed by atoms with Crippen molar-refractivity contribution in [1.82, 2.24) is 0 Å². The SMILES string of the molecule is CCCCCCCCCC(=O)Oc1ccccc1C(=O)C(O)c1ccccc1. The Morgan fingerprint density at radius 3 is 2.18 bits per heavy atom. The predicted molar refractivity (Wildman–Crippen MR) is 110 cm³/mol. The standard InChI is InChI=1S/C24H30O4/c1-2-3-4-5-6-7-11-18-22(25)28-21-17-13-12-16-20(21)24(27)23(26)19-14-9-8-10-15-19/h8-10,12-17,23,26H,2-7,11,18H2,1H3. The topological polar surface area (TPSA) is 63.6 Å². The number of rotatable bonds is 12. The van der Waals surface area contributed by atoms with Crippen molar-refractivity contribution in [2.45, 2.75) is 64.4 Å². The lowest BCUT2D eigenvalue weighted by atomic mass is 9.99. The van der Waals surface area contributed by atoms with Gasteiger partial charge in [-0.25, -0.2) is 0 Å². The molecule has 1 N–H and O–H groups in total. The third-order valence-electron chi connectivity index (χ3n) is 4.72. The number of hydrogen-bond acceptors (Lipinski definition) is 4. The fraction of sp³-hybridized carbons (Fsp3) is 0.417. The monoisotopic (exact) mass is 382 g/mol. The summed E-state index contributed by atoms with van der Waals surface area (Å²) in [6.07, 6.45) is 6.91. The van der Waals surface area contributed by atoms with Gasteiger partial charge in [0.2, 0.25) is 0 Å². The van der Waals surface area contributed by atoms with Crippen molar-refractivity contribution in [1.29, 1.82) is 0 Å². The minimum absolute atomic E-state index is 0.204. The van der Waals surface area contributed by atoms with Crippen LogP contribution in [0.3, 0.4) is 0 Å². The van der Waals surface area contributed by atoms with E-state index in [-0.39, 0.29) is 17.3 Å². The van der Waals surface area contributed by atoms with Gasteiger partial charge in [0.05, 0.1) is 5.56 Å². The van der Waals surface area contributed by atoms with E-state index < -0.39 is 11.9 Å². The molecule has 0 amide bonds. The van der Waals surface area contributed by atoms with E-state index in [0.29, 0.717) is 12.0 Å². The Morgan fingerprint density at radius 1 is 0.857 bits per heavy atom. The smallest absolute Gasteiger partial charge is 0.311 e. The highest BCUT2D eigenvalue weighted by Crippen LogP contribution is 2.25. The summed E-state index contributed by atoms with van der Waals surface area (Å²) < 4.78 is 5.43. The zero-order valence-electron chi connectivity index (χ0n) is 16.6. The maximum Gasteiger partial charge on any atom is 0.311 e. The van der Waals surface area contributed by atoms with Crippen molar-refractivity contribution in [2.24, 2.45) is 0 Å². The molecule has 0 aromatic heterocycles. The molecule has 28 heavy (non-hydrogen) atoms. The summed E-state index contributed by atoms with van der Waals surface area (Å²) in [6.45, 7) is 2.19. The second kappa shape index (κ2) is 12.1. The first kappa shape index (κ1) is 21.8. The Labute approximate surface area is 167 Å². The van der Waals surface area contributed by atoms with Crippen LogP contribution in [0.5, 0.6) is 5.75 Å². The molecular weight excluding hydrogens is 352 g/mol. The van der Waals surface area contributed by atoms with Gasteiger partial charge in [0.15, 0.2) is 5.78 Å². The number of benzene rings is 2. The number of aliphatic hydroxyl groups excluding tert-OH is 1. The van der Waals surface area contributed by atoms with E-state index in [1.807, 2.05) is 6.07 Å². The molecule has 0 saturated heterocycles. The third-order valence-corrected chi connectivity index (χ3v) is 4.72. The molecule has 4 nitrogen and oxygen atoms in total. The highest BCUT2D eigenvalue weighted by atomic mass is 16.5. The molecule has 0 radical (unpaired) electrons. The zero-order valence-corrected chi connectivity index (χ0v) is 16.6. The lowest BCUT2D eigenvalue weighted by molar-refractivity contribution is -0.134. The fourth-order valence-corrected chi connectivity index (χ4v) is 3.09. The number of unbranched alkanes of at least 4 members (excludes halogenated alkanes) is 6. The summed E-state index contributed by atoms with van der Waals surface area (Å²) >= 11 is 0. The van der Waals surface area contributed by atoms with Gasteiger partial charge in [-0.15, -0.1) is 0 Å². The summed E-state index contributed by atoms with van der Waals surface area (Å²) in [4.78, 5) is 24.9. The van der Waals surface area contributed by atoms with Gasteiger partial charge in [0, 0.05) is 6.42 Å². The third kappa shape index (κ3) is 6.93. The van der Waals surface area contributed by atoms with Crippen molar-refractivity contribution in [3.63, 3.8) is 0 Å². The highest BCUT2D eigenvalue weighted by molar-refractivity contribution is 6.02. The molecule has 2 aromatic carbocycles. The molecule has 4 heteroatoms. The molecule has 0 aliphatic carbocycles. The average Bonchev–Trinajstić information content (AvgIpc) is 2.73. The number of ketones is 1. The van der Waals surface area contributed by atoms with Gasteiger partial charge in [-0.2, -0.15) is 0 Å². The predicted octanol–water partition coefficient (Wildman–Crippen LogP) is 5.65. The Morgan fingerprint density at radius 2 is 1.46 bits per heavy atom. The van der Waals surface area contributed by atoms with E-state index in [9.17, 15) is 14.7 Å². The second-order valence-electron chi connectivity index (χ2n) is 7.02. The largest absolute Gasteiger partial charge is 0.426 e. The summed E-state index contributed by atoms with van der Waals surface area (Å²) in [5.41, 5.74) is 0.725. The van der Waals surface area contributed by atoms with Crippen molar-refractivity contribution in [3.8, 4) is 5.75 Å². The van der Waals surface area contributed by atoms with Crippen LogP contribution in [0.2, 0.25) is 0 Å². The maximum atomic E-state index is 12.7. The van der Waals surface area contributed by atoms with E-state index in [1.54, 1.807) is 48.5 Å². The minimum atomic E-state index is -1.29. The molecule has 0 bridgehead atoms. The van der Waals surface area contributed by atoms with Gasteiger partial charge < -0.3 is 9.84 Å². The number of esters is 1. The van der Waals surface area contributed by atoms with Gasteiger partial charge >= 0.3 is 5.97 Å². The summed E-state index contributed by atoms with van der Waals surface area (Å²) in [7, 11) is 0. The van der Waals surface area contributed by atoms with Crippen molar-refractivity contribution in [3.05, 3.63) is 65.7 Å². The molecule has 0 fully saturated rings. The van der Waals surface area contributed by atoms with E-state index in [4.69, 9.17) is 4.74 Å². The zero-order chi connectivity index (χ0) is 20.2. The van der Waals surface area contributed by atoms with Crippen LogP contribution >= 0.6 is 0 Å². The quantitative estimate of drug-likeness (QED) is 0.223. The normalized spacial score (nSPS) is 11.8. The van der Waals surface area contributed by atoms with Crippen molar-refractivity contribution < 1.29 is 19.4 Å². The fourth-order valence-electron chi connectivity index (χ4n) is 3.09. The number of ether oxygens (including phenoxy) is 1. The molecular formula is C24H30O4. The maximum absolute atomic E-state index is 12.7. The van der Waals surface area contributed by atoms with Crippen LogP contribution < -0.4 is 4.74 Å². The van der Waals surface area contributed by atoms with Gasteiger partial charge in [0.25, 0.3) is 0 Å². The first-order valence-corrected chi connectivity index (χ1v) is 10.2. The van der Waals surface area contributed by atoms with E-state index in [1.165, 1.54) is 25.7 Å². The van der Waals surface area contributed by atoms with E-state index in [0.717, 1.165) is 19.3 Å². The van der Waals surface area contributed by atoms with Crippen LogP contribution in [0.15, 0.2) is 54.6 Å². The van der Waals surface area contributed by atoms with Crippen LogP contribution in [0.4, 0.5) is 0 Å². The number of aliphatic hydroxyl groups is 1. The van der Waals surface area contributed by atoms with Crippen molar-refractivity contribution >= 4 is 11.8 Å². The number of carbonyl (C=O) groups is 2. The average molecular weight is 383 g/mol. The van der Waals surface area contributed by atoms with Gasteiger partial charge in [-0.1, -0.05) is 87.9 Å². The Balaban J connectivity index is 1.89. The van der Waals surface area contributed by atoms with Crippen LogP contribution in [-0.4, -0.2) is 16.9 Å². The van der Waals surface area contributed by atoms with E-state index in [2.05, 4.69) is 6.92 Å². The first-order valence-electron chi connectivity index (χ1n) is 10.2. The lowest BCUT2D eigenvalue weighted by Gasteiger charge is -2.13. The summed E-state index contributed by atoms with van der Waals surface area (Å²) in [6, 6.07) is 15.3. The molecule has 0 aliphatic heterocycles. The Hall–Kier alpha value is -2.46. The molecule has 0 aliphatic rings. The Bertz CT molecular complexity index is 739. The van der Waals surface area contributed by atoms with Crippen LogP contribution in [-0.2, 0) is 4.79 Å². The minimum Gasteiger partial charge on any atom is -0.426 e. The number of Topliss-reactive ketones (excluding diaryl/α,β-unsaturated/α-hetero) is 1. The molecule has 0 spiro atoms. The van der Waals surface area contributed by atoms with Gasteiger partial charge in [0.1, 0.15) is 11.9 Å². The summed E-state index contributed by atoms with van der Waals surface area (Å²) in [5, 5.41) is 10.4. The van der Waals surface area contributed by atoms with Crippen LogP contribution in [0, 0.1) is 0 Å². The lowest BCUT2D eigenvalue weighted by Crippen LogP contribution is -2.16. The van der Waals surface area contributed by atoms with Crippen LogP contribution in [0.25, 0.3) is 0 Å². The molecule has 1 atom stereocenters. The first-order chi connectivity index (χ1) is 13.6. The number of hydrogen-bond donors (Lipinski definition) is 1. The molecule has 2 aromatic rings. The number of para-hydroxylation sites is 1. The summed E-state index contributed by atoms with van der Waals surface area (Å²) in [5.74, 6) is -0.621.